The molecular formula is C20H30N2O3. The van der Waals surface area contributed by atoms with Crippen LogP contribution in [0.15, 0.2) is 24.3 Å². The molecule has 25 heavy (non-hydrogen) atoms. The van der Waals surface area contributed by atoms with Gasteiger partial charge in [0.05, 0.1) is 12.7 Å². The molecule has 2 heterocycles. The molecule has 5 nitrogen and oxygen atoms in total. The average Bonchev–Trinajstić information content (AvgIpc) is 3.17. The van der Waals surface area contributed by atoms with Crippen LogP contribution in [-0.4, -0.2) is 49.9 Å². The molecule has 2 aliphatic heterocycles. The molecule has 2 fully saturated rings. The summed E-state index contributed by atoms with van der Waals surface area (Å²) < 4.78 is 11.3. The molecule has 0 unspecified atom stereocenters. The predicted octanol–water partition coefficient (Wildman–Crippen LogP) is 3.23. The van der Waals surface area contributed by atoms with Crippen LogP contribution in [0.25, 0.3) is 0 Å². The minimum absolute atomic E-state index is 0.0618. The van der Waals surface area contributed by atoms with Gasteiger partial charge in [-0.25, -0.2) is 4.79 Å². The maximum atomic E-state index is 12.3. The van der Waals surface area contributed by atoms with E-state index >= 15 is 0 Å². The molecule has 2 amide bonds. The van der Waals surface area contributed by atoms with E-state index in [1.807, 2.05) is 30.0 Å². The van der Waals surface area contributed by atoms with Crippen LogP contribution in [0.1, 0.15) is 38.2 Å². The summed E-state index contributed by atoms with van der Waals surface area (Å²) in [6.45, 7) is 5.90. The van der Waals surface area contributed by atoms with Gasteiger partial charge in [-0.2, -0.15) is 0 Å². The molecule has 0 aliphatic carbocycles. The van der Waals surface area contributed by atoms with Crippen molar-refractivity contribution in [1.29, 1.82) is 0 Å². The Morgan fingerprint density at radius 2 is 2.16 bits per heavy atom. The van der Waals surface area contributed by atoms with Crippen LogP contribution < -0.4 is 10.1 Å². The maximum absolute atomic E-state index is 12.3. The quantitative estimate of drug-likeness (QED) is 0.860. The van der Waals surface area contributed by atoms with Crippen molar-refractivity contribution in [1.82, 2.24) is 10.2 Å². The largest absolute Gasteiger partial charge is 0.494 e. The van der Waals surface area contributed by atoms with Gasteiger partial charge in [0.1, 0.15) is 5.75 Å². The molecule has 0 radical (unpaired) electrons. The lowest BCUT2D eigenvalue weighted by molar-refractivity contribution is 0.0373. The zero-order valence-corrected chi connectivity index (χ0v) is 15.2. The molecule has 0 aromatic heterocycles. The molecule has 1 N–H and O–H groups in total. The fourth-order valence-corrected chi connectivity index (χ4v) is 3.83. The number of nitrogens with one attached hydrogen (secondary N) is 1. The lowest BCUT2D eigenvalue weighted by Gasteiger charge is -2.34. The fourth-order valence-electron chi connectivity index (χ4n) is 3.83. The highest BCUT2D eigenvalue weighted by Crippen LogP contribution is 2.28. The van der Waals surface area contributed by atoms with Crippen LogP contribution >= 0.6 is 0 Å². The van der Waals surface area contributed by atoms with Crippen molar-refractivity contribution in [3.8, 4) is 5.75 Å². The van der Waals surface area contributed by atoms with Crippen LogP contribution in [-0.2, 0) is 11.2 Å². The standard InChI is InChI=1S/C20H30N2O3/c1-2-24-18-6-3-5-16(15-18)8-11-21-20(23)22-12-9-17(10-13-22)19-7-4-14-25-19/h3,5-6,15,17,19H,2,4,7-14H2,1H3,(H,21,23)/t19-/m1/s1. The van der Waals surface area contributed by atoms with Crippen LogP contribution in [0.5, 0.6) is 5.75 Å². The summed E-state index contributed by atoms with van der Waals surface area (Å²) in [5.74, 6) is 1.52. The zero-order chi connectivity index (χ0) is 17.5. The normalized spacial score (nSPS) is 21.3. The van der Waals surface area contributed by atoms with E-state index in [1.54, 1.807) is 0 Å². The number of hydrogen-bond donors (Lipinski definition) is 1. The maximum Gasteiger partial charge on any atom is 0.317 e. The molecule has 2 saturated heterocycles. The molecule has 0 saturated carbocycles. The first-order valence-electron chi connectivity index (χ1n) is 9.62. The number of hydrogen-bond acceptors (Lipinski definition) is 3. The van der Waals surface area contributed by atoms with Crippen molar-refractivity contribution in [2.45, 2.75) is 45.1 Å². The Morgan fingerprint density at radius 1 is 1.32 bits per heavy atom. The van der Waals surface area contributed by atoms with Crippen LogP contribution in [0.2, 0.25) is 0 Å². The van der Waals surface area contributed by atoms with Gasteiger partial charge in [0, 0.05) is 26.2 Å². The molecule has 3 rings (SSSR count). The molecule has 5 heteroatoms. The highest BCUT2D eigenvalue weighted by atomic mass is 16.5. The highest BCUT2D eigenvalue weighted by molar-refractivity contribution is 5.74. The van der Waals surface area contributed by atoms with Crippen molar-refractivity contribution < 1.29 is 14.3 Å². The Morgan fingerprint density at radius 3 is 2.88 bits per heavy atom. The summed E-state index contributed by atoms with van der Waals surface area (Å²) in [5, 5.41) is 3.05. The zero-order valence-electron chi connectivity index (χ0n) is 15.2. The average molecular weight is 346 g/mol. The summed E-state index contributed by atoms with van der Waals surface area (Å²) in [6, 6.07) is 8.14. The molecule has 2 aliphatic rings. The third-order valence-corrected chi connectivity index (χ3v) is 5.22. The summed E-state index contributed by atoms with van der Waals surface area (Å²) in [7, 11) is 0. The van der Waals surface area contributed by atoms with E-state index in [1.165, 1.54) is 18.4 Å². The Labute approximate surface area is 150 Å². The summed E-state index contributed by atoms with van der Waals surface area (Å²) >= 11 is 0. The number of carbonyl (C=O) groups excluding carboxylic acids is 1. The van der Waals surface area contributed by atoms with Gasteiger partial charge in [-0.15, -0.1) is 0 Å². The number of carbonyl (C=O) groups is 1. The van der Waals surface area contributed by atoms with Crippen LogP contribution in [0.4, 0.5) is 4.79 Å². The second kappa shape index (κ2) is 9.09. The molecule has 1 aromatic carbocycles. The minimum Gasteiger partial charge on any atom is -0.494 e. The SMILES string of the molecule is CCOc1cccc(CCNC(=O)N2CCC([C@H]3CCCO3)CC2)c1. The van der Waals surface area contributed by atoms with Gasteiger partial charge in [0.2, 0.25) is 0 Å². The molecular weight excluding hydrogens is 316 g/mol. The lowest BCUT2D eigenvalue weighted by atomic mass is 9.90. The van der Waals surface area contributed by atoms with Gasteiger partial charge < -0.3 is 19.7 Å². The van der Waals surface area contributed by atoms with E-state index in [0.29, 0.717) is 25.2 Å². The van der Waals surface area contributed by atoms with Crippen molar-refractivity contribution in [2.75, 3.05) is 32.8 Å². The van der Waals surface area contributed by atoms with E-state index in [0.717, 1.165) is 44.7 Å². The van der Waals surface area contributed by atoms with Crippen molar-refractivity contribution in [2.24, 2.45) is 5.92 Å². The molecule has 1 aromatic rings. The van der Waals surface area contributed by atoms with E-state index in [9.17, 15) is 4.79 Å². The van der Waals surface area contributed by atoms with Gasteiger partial charge in [0.25, 0.3) is 0 Å². The number of rotatable bonds is 6. The smallest absolute Gasteiger partial charge is 0.317 e. The first-order valence-corrected chi connectivity index (χ1v) is 9.62. The molecule has 0 spiro atoms. The number of likely N-dealkylation sites (tertiary alicyclic amines) is 1. The third kappa shape index (κ3) is 5.11. The van der Waals surface area contributed by atoms with Crippen LogP contribution in [0.3, 0.4) is 0 Å². The highest BCUT2D eigenvalue weighted by Gasteiger charge is 2.30. The fraction of sp³-hybridized carbons (Fsp3) is 0.650. The number of nitrogens with zero attached hydrogens (tertiary/aromatic N) is 1. The topological polar surface area (TPSA) is 50.8 Å². The van der Waals surface area contributed by atoms with Gasteiger partial charge in [-0.1, -0.05) is 12.1 Å². The molecule has 0 bridgehead atoms. The summed E-state index contributed by atoms with van der Waals surface area (Å²) in [6.07, 6.45) is 5.76. The van der Waals surface area contributed by atoms with E-state index in [4.69, 9.17) is 9.47 Å². The Kier molecular flexibility index (Phi) is 6.56. The molecule has 138 valence electrons. The van der Waals surface area contributed by atoms with Crippen LogP contribution in [0, 0.1) is 5.92 Å². The van der Waals surface area contributed by atoms with Gasteiger partial charge >= 0.3 is 6.03 Å². The number of benzene rings is 1. The Hall–Kier alpha value is -1.75. The van der Waals surface area contributed by atoms with Gasteiger partial charge in [-0.05, 0) is 62.6 Å². The third-order valence-electron chi connectivity index (χ3n) is 5.22. The van der Waals surface area contributed by atoms with Crippen molar-refractivity contribution >= 4 is 6.03 Å². The molecule has 1 atom stereocenters. The van der Waals surface area contributed by atoms with Gasteiger partial charge in [-0.3, -0.25) is 0 Å². The number of amides is 2. The Bertz CT molecular complexity index is 550. The Balaban J connectivity index is 1.37. The summed E-state index contributed by atoms with van der Waals surface area (Å²) in [4.78, 5) is 14.3. The number of urea groups is 1. The predicted molar refractivity (Wildman–Crippen MR) is 98.0 cm³/mol. The minimum atomic E-state index is 0.0618. The van der Waals surface area contributed by atoms with Crippen molar-refractivity contribution in [3.63, 3.8) is 0 Å². The van der Waals surface area contributed by atoms with Crippen molar-refractivity contribution in [3.05, 3.63) is 29.8 Å². The number of piperidine rings is 1. The van der Waals surface area contributed by atoms with Gasteiger partial charge in [0.15, 0.2) is 0 Å². The second-order valence-corrected chi connectivity index (χ2v) is 6.94. The van der Waals surface area contributed by atoms with E-state index in [2.05, 4.69) is 11.4 Å². The number of ether oxygens (including phenoxy) is 2. The lowest BCUT2D eigenvalue weighted by Crippen LogP contribution is -2.46. The van der Waals surface area contributed by atoms with E-state index in [-0.39, 0.29) is 6.03 Å². The first-order chi connectivity index (χ1) is 12.3. The monoisotopic (exact) mass is 346 g/mol. The summed E-state index contributed by atoms with van der Waals surface area (Å²) in [5.41, 5.74) is 1.18. The van der Waals surface area contributed by atoms with E-state index < -0.39 is 0 Å². The first kappa shape index (κ1) is 18.1. The second-order valence-electron chi connectivity index (χ2n) is 6.94.